The van der Waals surface area contributed by atoms with E-state index in [-0.39, 0.29) is 24.9 Å². The summed E-state index contributed by atoms with van der Waals surface area (Å²) in [4.78, 5) is 37.2. The highest BCUT2D eigenvalue weighted by atomic mass is 16.5. The maximum atomic E-state index is 13.2. The van der Waals surface area contributed by atoms with Crippen LogP contribution in [-0.2, 0) is 14.3 Å². The van der Waals surface area contributed by atoms with Gasteiger partial charge in [0, 0.05) is 23.2 Å². The minimum Gasteiger partial charge on any atom is -0.506 e. The minimum absolute atomic E-state index is 0.0100. The van der Waals surface area contributed by atoms with Gasteiger partial charge in [-0.15, -0.1) is 0 Å². The van der Waals surface area contributed by atoms with Crippen molar-refractivity contribution in [2.45, 2.75) is 57.3 Å². The van der Waals surface area contributed by atoms with Gasteiger partial charge < -0.3 is 35.6 Å². The van der Waals surface area contributed by atoms with Gasteiger partial charge in [0.1, 0.15) is 17.0 Å². The van der Waals surface area contributed by atoms with Gasteiger partial charge in [0.25, 0.3) is 0 Å². The number of aromatic hydroxyl groups is 2. The number of Topliss-reactive ketones (excluding diaryl/α,β-unsaturated/α-hetero) is 1. The molecule has 7 atom stereocenters. The van der Waals surface area contributed by atoms with Gasteiger partial charge in [0.15, 0.2) is 11.5 Å². The smallest absolute Gasteiger partial charge is 0.339 e. The highest BCUT2D eigenvalue weighted by Crippen LogP contribution is 2.72. The van der Waals surface area contributed by atoms with Crippen LogP contribution in [-0.4, -0.2) is 61.0 Å². The average Bonchev–Trinajstić information content (AvgIpc) is 3.10. The number of amides is 1. The number of hydrogen-bond acceptors (Lipinski definition) is 8. The Balaban J connectivity index is 1.41. The van der Waals surface area contributed by atoms with Gasteiger partial charge in [-0.2, -0.15) is 0 Å². The van der Waals surface area contributed by atoms with Crippen LogP contribution < -0.4 is 5.32 Å². The topological polar surface area (TPSA) is 174 Å². The Kier molecular flexibility index (Phi) is 4.64. The van der Waals surface area contributed by atoms with Crippen LogP contribution in [0, 0.1) is 22.7 Å². The largest absolute Gasteiger partial charge is 0.506 e. The Bertz CT molecular complexity index is 1160. The third-order valence-electron chi connectivity index (χ3n) is 8.70. The molecular weight excluding hydrogens is 446 g/mol. The maximum absolute atomic E-state index is 13.2. The second kappa shape index (κ2) is 6.96. The van der Waals surface area contributed by atoms with E-state index >= 15 is 0 Å². The summed E-state index contributed by atoms with van der Waals surface area (Å²) < 4.78 is 6.23. The molecule has 10 heteroatoms. The Morgan fingerprint density at radius 3 is 2.56 bits per heavy atom. The first-order valence-corrected chi connectivity index (χ1v) is 11.3. The quantitative estimate of drug-likeness (QED) is 0.350. The van der Waals surface area contributed by atoms with Crippen molar-refractivity contribution < 1.29 is 44.7 Å². The third-order valence-corrected chi connectivity index (χ3v) is 8.70. The van der Waals surface area contributed by atoms with E-state index in [0.717, 1.165) is 12.1 Å². The first-order chi connectivity index (χ1) is 15.8. The lowest BCUT2D eigenvalue weighted by Crippen LogP contribution is -2.63. The summed E-state index contributed by atoms with van der Waals surface area (Å²) in [6, 6.07) is 2.05. The summed E-state index contributed by atoms with van der Waals surface area (Å²) in [6.07, 6.45) is 1.35. The fourth-order valence-corrected chi connectivity index (χ4v) is 7.18. The fraction of sp³-hybridized carbons (Fsp3) is 0.542. The molecule has 2 saturated carbocycles. The number of ether oxygens (including phenoxy) is 1. The number of aromatic carboxylic acids is 1. The Morgan fingerprint density at radius 2 is 1.91 bits per heavy atom. The van der Waals surface area contributed by atoms with Crippen molar-refractivity contribution in [3.8, 4) is 11.5 Å². The molecule has 1 aromatic carbocycles. The maximum Gasteiger partial charge on any atom is 0.339 e. The zero-order chi connectivity index (χ0) is 24.8. The van der Waals surface area contributed by atoms with Crippen molar-refractivity contribution in [3.05, 3.63) is 29.5 Å². The molecule has 0 aromatic heterocycles. The predicted octanol–water partition coefficient (Wildman–Crippen LogP) is 2.09. The molecule has 182 valence electrons. The number of ketones is 1. The normalized spacial score (nSPS) is 39.6. The molecule has 4 fully saturated rings. The van der Waals surface area contributed by atoms with Crippen LogP contribution in [0.2, 0.25) is 0 Å². The second-order valence-electron chi connectivity index (χ2n) is 10.5. The molecule has 34 heavy (non-hydrogen) atoms. The van der Waals surface area contributed by atoms with Crippen LogP contribution in [0.5, 0.6) is 11.5 Å². The van der Waals surface area contributed by atoms with Gasteiger partial charge in [-0.25, -0.2) is 4.79 Å². The predicted molar refractivity (Wildman–Crippen MR) is 116 cm³/mol. The fourth-order valence-electron chi connectivity index (χ4n) is 7.18. The number of carboxylic acids is 1. The summed E-state index contributed by atoms with van der Waals surface area (Å²) in [5.41, 5.74) is -3.69. The monoisotopic (exact) mass is 473 g/mol. The molecule has 5 aliphatic rings. The van der Waals surface area contributed by atoms with E-state index in [1.165, 1.54) is 6.08 Å². The number of carbonyl (C=O) groups excluding carboxylic acids is 2. The van der Waals surface area contributed by atoms with Crippen molar-refractivity contribution in [1.29, 1.82) is 0 Å². The lowest BCUT2D eigenvalue weighted by Gasteiger charge is -2.57. The van der Waals surface area contributed by atoms with Crippen molar-refractivity contribution in [2.75, 3.05) is 5.32 Å². The Hall–Kier alpha value is -3.11. The molecule has 1 aromatic rings. The van der Waals surface area contributed by atoms with Crippen molar-refractivity contribution in [2.24, 2.45) is 22.7 Å². The number of aliphatic hydroxyl groups is 2. The molecule has 2 aliphatic heterocycles. The van der Waals surface area contributed by atoms with Crippen LogP contribution in [0.3, 0.4) is 0 Å². The van der Waals surface area contributed by atoms with E-state index in [2.05, 4.69) is 5.32 Å². The molecule has 6 N–H and O–H groups in total. The molecule has 1 spiro atoms. The number of benzene rings is 1. The SMILES string of the molecule is C[C@@]12O[C@H]3C[C@@H]1C[C@@]1(C=C(O)C(=O)[C@@](C)(CCC(=O)Nc4c(O)ccc(C(=O)O)c4O)[C@H]31)[C@H]2O. The minimum atomic E-state index is -1.43. The number of anilines is 1. The lowest BCUT2D eigenvalue weighted by atomic mass is 9.50. The molecule has 10 nitrogen and oxygen atoms in total. The van der Waals surface area contributed by atoms with E-state index in [9.17, 15) is 34.8 Å². The van der Waals surface area contributed by atoms with Gasteiger partial charge in [-0.1, -0.05) is 6.92 Å². The summed E-state index contributed by atoms with van der Waals surface area (Å²) in [7, 11) is 0. The Labute approximate surface area is 194 Å². The van der Waals surface area contributed by atoms with E-state index < -0.39 is 74.6 Å². The number of aliphatic hydroxyl groups excluding tert-OH is 2. The second-order valence-corrected chi connectivity index (χ2v) is 10.5. The third kappa shape index (κ3) is 2.72. The van der Waals surface area contributed by atoms with Crippen molar-refractivity contribution >= 4 is 23.3 Å². The standard InChI is InChI=1S/C24H27NO9/c1-22(6-5-15(28)25-16-12(26)4-3-11(17(16)29)20(31)32)18-14-7-10-8-24(18,9-13(27)19(22)30)21(33)23(10,2)34-14/h3-4,9-10,14,18,21,26-27,29,33H,5-8H2,1-2H3,(H,25,28)(H,31,32)/t10-,14+,18+,21+,22+,23-,24+/m1/s1. The summed E-state index contributed by atoms with van der Waals surface area (Å²) in [5.74, 6) is -4.65. The Morgan fingerprint density at radius 1 is 1.21 bits per heavy atom. The van der Waals surface area contributed by atoms with Gasteiger partial charge in [-0.05, 0) is 50.3 Å². The molecule has 2 heterocycles. The van der Waals surface area contributed by atoms with Crippen LogP contribution in [0.4, 0.5) is 5.69 Å². The van der Waals surface area contributed by atoms with Crippen LogP contribution >= 0.6 is 0 Å². The van der Waals surface area contributed by atoms with Crippen LogP contribution in [0.25, 0.3) is 0 Å². The summed E-state index contributed by atoms with van der Waals surface area (Å²) >= 11 is 0. The highest BCUT2D eigenvalue weighted by Gasteiger charge is 2.77. The molecule has 0 unspecified atom stereocenters. The molecule has 6 rings (SSSR count). The zero-order valence-corrected chi connectivity index (χ0v) is 18.7. The molecular formula is C24H27NO9. The lowest BCUT2D eigenvalue weighted by molar-refractivity contribution is -0.221. The molecule has 2 saturated heterocycles. The average molecular weight is 473 g/mol. The highest BCUT2D eigenvalue weighted by molar-refractivity contribution is 6.01. The van der Waals surface area contributed by atoms with E-state index in [1.54, 1.807) is 6.92 Å². The van der Waals surface area contributed by atoms with Crippen LogP contribution in [0.15, 0.2) is 24.0 Å². The number of carbonyl (C=O) groups is 3. The van der Waals surface area contributed by atoms with E-state index in [4.69, 9.17) is 9.84 Å². The van der Waals surface area contributed by atoms with Gasteiger partial charge in [-0.3, -0.25) is 9.59 Å². The van der Waals surface area contributed by atoms with Crippen LogP contribution in [0.1, 0.15) is 49.9 Å². The number of phenolic OH excluding ortho intramolecular Hbond substituents is 1. The number of hydrogen-bond donors (Lipinski definition) is 6. The van der Waals surface area contributed by atoms with E-state index in [0.29, 0.717) is 12.8 Å². The molecule has 3 aliphatic carbocycles. The van der Waals surface area contributed by atoms with E-state index in [1.807, 2.05) is 6.92 Å². The molecule has 0 radical (unpaired) electrons. The number of rotatable bonds is 5. The summed E-state index contributed by atoms with van der Waals surface area (Å²) in [6.45, 7) is 3.53. The number of nitrogens with one attached hydrogen (secondary N) is 1. The number of phenols is 2. The zero-order valence-electron chi connectivity index (χ0n) is 18.7. The van der Waals surface area contributed by atoms with Crippen molar-refractivity contribution in [3.63, 3.8) is 0 Å². The first-order valence-electron chi connectivity index (χ1n) is 11.3. The van der Waals surface area contributed by atoms with Gasteiger partial charge in [0.05, 0.1) is 17.8 Å². The molecule has 4 bridgehead atoms. The number of carboxylic acid groups (broad SMARTS) is 1. The van der Waals surface area contributed by atoms with Crippen molar-refractivity contribution in [1.82, 2.24) is 0 Å². The first kappa shape index (κ1) is 22.7. The summed E-state index contributed by atoms with van der Waals surface area (Å²) in [5, 5.41) is 53.4. The van der Waals surface area contributed by atoms with Gasteiger partial charge in [0.2, 0.25) is 11.7 Å². The molecule has 1 amide bonds. The number of allylic oxidation sites excluding steroid dienone is 1. The van der Waals surface area contributed by atoms with Gasteiger partial charge >= 0.3 is 5.97 Å².